The molecular formula is C14H18O6. The average Bonchev–Trinajstić information content (AvgIpc) is 2.51. The molecule has 0 heterocycles. The van der Waals surface area contributed by atoms with Crippen molar-refractivity contribution >= 4 is 11.9 Å². The third kappa shape index (κ3) is 3.72. The van der Waals surface area contributed by atoms with Crippen molar-refractivity contribution in [3.8, 4) is 0 Å². The molecule has 1 rings (SSSR count). The van der Waals surface area contributed by atoms with Gasteiger partial charge in [-0.1, -0.05) is 36.9 Å². The van der Waals surface area contributed by atoms with Crippen LogP contribution in [0.25, 0.3) is 6.08 Å². The zero-order valence-electron chi connectivity index (χ0n) is 10.8. The van der Waals surface area contributed by atoms with E-state index in [1.54, 1.807) is 18.2 Å². The van der Waals surface area contributed by atoms with Gasteiger partial charge in [-0.15, -0.1) is 0 Å². The van der Waals surface area contributed by atoms with Gasteiger partial charge in [0.15, 0.2) is 5.78 Å². The molecule has 1 aromatic carbocycles. The summed E-state index contributed by atoms with van der Waals surface area (Å²) in [4.78, 5) is 11.9. The molecular weight excluding hydrogens is 264 g/mol. The van der Waals surface area contributed by atoms with Gasteiger partial charge in [-0.3, -0.25) is 4.79 Å². The lowest BCUT2D eigenvalue weighted by Gasteiger charge is -2.24. The maximum atomic E-state index is 11.9. The summed E-state index contributed by atoms with van der Waals surface area (Å²) in [5.41, 5.74) is 0.931. The third-order valence-electron chi connectivity index (χ3n) is 2.95. The second-order valence-corrected chi connectivity index (χ2v) is 4.37. The van der Waals surface area contributed by atoms with Crippen LogP contribution in [0, 0.1) is 0 Å². The molecule has 0 radical (unpaired) electrons. The molecule has 20 heavy (non-hydrogen) atoms. The molecule has 0 saturated heterocycles. The number of aliphatic hydroxyl groups excluding tert-OH is 5. The topological polar surface area (TPSA) is 118 Å². The normalized spacial score (nSPS) is 17.1. The lowest BCUT2D eigenvalue weighted by Crippen LogP contribution is -2.48. The van der Waals surface area contributed by atoms with Gasteiger partial charge in [0, 0.05) is 5.56 Å². The Balaban J connectivity index is 2.81. The number of hydrogen-bond acceptors (Lipinski definition) is 6. The quantitative estimate of drug-likeness (QED) is 0.407. The molecule has 0 saturated carbocycles. The van der Waals surface area contributed by atoms with Crippen LogP contribution in [0.2, 0.25) is 0 Å². The second kappa shape index (κ2) is 7.28. The van der Waals surface area contributed by atoms with Gasteiger partial charge in [0.25, 0.3) is 0 Å². The van der Waals surface area contributed by atoms with E-state index in [0.29, 0.717) is 0 Å². The van der Waals surface area contributed by atoms with Crippen LogP contribution in [0.1, 0.15) is 15.9 Å². The zero-order valence-corrected chi connectivity index (χ0v) is 10.8. The Kier molecular flexibility index (Phi) is 6.00. The lowest BCUT2D eigenvalue weighted by molar-refractivity contribution is -0.105. The number of benzene rings is 1. The molecule has 0 unspecified atom stereocenters. The van der Waals surface area contributed by atoms with Gasteiger partial charge in [-0.05, 0) is 5.56 Å². The fourth-order valence-corrected chi connectivity index (χ4v) is 1.63. The van der Waals surface area contributed by atoms with Crippen LogP contribution in [0.15, 0.2) is 30.8 Å². The standard InChI is InChI=1S/C14H18O6/c1-2-8-3-5-9(6-4-8)11(17)13(19)14(20)12(18)10(16)7-15/h2-6,10,12-16,18-20H,1,7H2/t10-,12-,13+,14+/m1/s1. The fraction of sp³-hybridized carbons (Fsp3) is 0.357. The number of aliphatic hydroxyl groups is 5. The number of rotatable bonds is 7. The van der Waals surface area contributed by atoms with Gasteiger partial charge >= 0.3 is 0 Å². The summed E-state index contributed by atoms with van der Waals surface area (Å²) in [6.07, 6.45) is -5.69. The first-order chi connectivity index (χ1) is 9.42. The van der Waals surface area contributed by atoms with Crippen molar-refractivity contribution in [3.05, 3.63) is 42.0 Å². The number of carbonyl (C=O) groups is 1. The van der Waals surface area contributed by atoms with E-state index in [4.69, 9.17) is 5.11 Å². The van der Waals surface area contributed by atoms with E-state index in [9.17, 15) is 25.2 Å². The van der Waals surface area contributed by atoms with E-state index in [2.05, 4.69) is 6.58 Å². The van der Waals surface area contributed by atoms with Crippen LogP contribution >= 0.6 is 0 Å². The van der Waals surface area contributed by atoms with E-state index in [-0.39, 0.29) is 5.56 Å². The van der Waals surface area contributed by atoms with Crippen LogP contribution in [0.3, 0.4) is 0 Å². The molecule has 5 N–H and O–H groups in total. The van der Waals surface area contributed by atoms with Crippen LogP contribution in [0.5, 0.6) is 0 Å². The highest BCUT2D eigenvalue weighted by Crippen LogP contribution is 2.13. The second-order valence-electron chi connectivity index (χ2n) is 4.37. The maximum absolute atomic E-state index is 11.9. The Hall–Kier alpha value is -1.57. The highest BCUT2D eigenvalue weighted by atomic mass is 16.4. The van der Waals surface area contributed by atoms with Crippen molar-refractivity contribution < 1.29 is 30.3 Å². The molecule has 0 aliphatic heterocycles. The Morgan fingerprint density at radius 3 is 2.10 bits per heavy atom. The van der Waals surface area contributed by atoms with Crippen molar-refractivity contribution in [1.29, 1.82) is 0 Å². The van der Waals surface area contributed by atoms with Crippen molar-refractivity contribution in [3.63, 3.8) is 0 Å². The monoisotopic (exact) mass is 282 g/mol. The molecule has 6 heteroatoms. The molecule has 6 nitrogen and oxygen atoms in total. The predicted molar refractivity (Wildman–Crippen MR) is 72.0 cm³/mol. The highest BCUT2D eigenvalue weighted by Gasteiger charge is 2.34. The zero-order chi connectivity index (χ0) is 15.3. The average molecular weight is 282 g/mol. The minimum absolute atomic E-state index is 0.146. The van der Waals surface area contributed by atoms with E-state index < -0.39 is 36.8 Å². The van der Waals surface area contributed by atoms with Crippen molar-refractivity contribution in [2.24, 2.45) is 0 Å². The van der Waals surface area contributed by atoms with Gasteiger partial charge in [0.1, 0.15) is 24.4 Å². The first-order valence-electron chi connectivity index (χ1n) is 6.02. The molecule has 0 fully saturated rings. The molecule has 0 aliphatic carbocycles. The Bertz CT molecular complexity index is 455. The van der Waals surface area contributed by atoms with Crippen molar-refractivity contribution in [1.82, 2.24) is 0 Å². The van der Waals surface area contributed by atoms with Gasteiger partial charge in [0.05, 0.1) is 6.61 Å². The SMILES string of the molecule is C=Cc1ccc(C(=O)[C@H](O)[C@@H](O)[C@H](O)[C@H](O)CO)cc1. The van der Waals surface area contributed by atoms with E-state index >= 15 is 0 Å². The number of Topliss-reactive ketones (excluding diaryl/α,β-unsaturated/α-hetero) is 1. The fourth-order valence-electron chi connectivity index (χ4n) is 1.63. The molecule has 110 valence electrons. The Morgan fingerprint density at radius 1 is 1.10 bits per heavy atom. The molecule has 0 bridgehead atoms. The van der Waals surface area contributed by atoms with Gasteiger partial charge < -0.3 is 25.5 Å². The minimum atomic E-state index is -1.90. The van der Waals surface area contributed by atoms with Crippen LogP contribution in [0.4, 0.5) is 0 Å². The molecule has 1 aromatic rings. The first kappa shape index (κ1) is 16.5. The summed E-state index contributed by atoms with van der Waals surface area (Å²) < 4.78 is 0. The van der Waals surface area contributed by atoms with E-state index in [1.165, 1.54) is 12.1 Å². The summed E-state index contributed by atoms with van der Waals surface area (Å²) in [5.74, 6) is -0.794. The van der Waals surface area contributed by atoms with Crippen LogP contribution < -0.4 is 0 Å². The Morgan fingerprint density at radius 2 is 1.65 bits per heavy atom. The maximum Gasteiger partial charge on any atom is 0.194 e. The van der Waals surface area contributed by atoms with Crippen LogP contribution in [-0.4, -0.2) is 62.3 Å². The third-order valence-corrected chi connectivity index (χ3v) is 2.95. The highest BCUT2D eigenvalue weighted by molar-refractivity contribution is 5.99. The summed E-state index contributed by atoms with van der Waals surface area (Å²) in [6, 6.07) is 6.12. The molecule has 0 aliphatic rings. The smallest absolute Gasteiger partial charge is 0.194 e. The lowest BCUT2D eigenvalue weighted by atomic mass is 9.96. The summed E-state index contributed by atoms with van der Waals surface area (Å²) in [5, 5.41) is 46.6. The molecule has 0 aromatic heterocycles. The van der Waals surface area contributed by atoms with Crippen LogP contribution in [-0.2, 0) is 0 Å². The van der Waals surface area contributed by atoms with E-state index in [0.717, 1.165) is 5.56 Å². The molecule has 0 amide bonds. The predicted octanol–water partition coefficient (Wildman–Crippen LogP) is -1.05. The van der Waals surface area contributed by atoms with E-state index in [1.807, 2.05) is 0 Å². The summed E-state index contributed by atoms with van der Waals surface area (Å²) in [6.45, 7) is 2.76. The van der Waals surface area contributed by atoms with Crippen molar-refractivity contribution in [2.45, 2.75) is 24.4 Å². The molecule has 0 spiro atoms. The molecule has 4 atom stereocenters. The summed E-state index contributed by atoms with van der Waals surface area (Å²) >= 11 is 0. The van der Waals surface area contributed by atoms with Gasteiger partial charge in [0.2, 0.25) is 0 Å². The minimum Gasteiger partial charge on any atom is -0.394 e. The van der Waals surface area contributed by atoms with Gasteiger partial charge in [-0.2, -0.15) is 0 Å². The summed E-state index contributed by atoms with van der Waals surface area (Å²) in [7, 11) is 0. The first-order valence-corrected chi connectivity index (χ1v) is 6.02. The number of ketones is 1. The number of carbonyl (C=O) groups excluding carboxylic acids is 1. The van der Waals surface area contributed by atoms with Gasteiger partial charge in [-0.25, -0.2) is 0 Å². The Labute approximate surface area is 116 Å². The largest absolute Gasteiger partial charge is 0.394 e. The number of hydrogen-bond donors (Lipinski definition) is 5. The van der Waals surface area contributed by atoms with Crippen molar-refractivity contribution in [2.75, 3.05) is 6.61 Å².